The van der Waals surface area contributed by atoms with Crippen molar-refractivity contribution in [1.29, 1.82) is 0 Å². The average Bonchev–Trinajstić information content (AvgIpc) is 3.22. The van der Waals surface area contributed by atoms with Crippen LogP contribution < -0.4 is 5.32 Å². The SMILES string of the molecule is COC(=O)Cc1ccc(C(F)(F)F)cc1NC(C)=O.COC(=O)c1n[nH]c2cc(C(F)(F)F)ccc12. The minimum atomic E-state index is -4.52. The number of hydrogen-bond donors (Lipinski definition) is 2. The highest BCUT2D eigenvalue weighted by Gasteiger charge is 2.32. The number of alkyl halides is 6. The van der Waals surface area contributed by atoms with E-state index in [1.54, 1.807) is 0 Å². The summed E-state index contributed by atoms with van der Waals surface area (Å²) in [6.07, 6.45) is -9.16. The van der Waals surface area contributed by atoms with E-state index in [0.717, 1.165) is 30.3 Å². The molecule has 1 amide bonds. The average molecular weight is 519 g/mol. The molecule has 1 aromatic heterocycles. The lowest BCUT2D eigenvalue weighted by Crippen LogP contribution is -2.14. The van der Waals surface area contributed by atoms with Crippen LogP contribution in [0.1, 0.15) is 34.1 Å². The molecule has 0 fully saturated rings. The number of fused-ring (bicyclic) bond motifs is 1. The van der Waals surface area contributed by atoms with Crippen LogP contribution in [-0.2, 0) is 37.8 Å². The fraction of sp³-hybridized carbons (Fsp3) is 0.273. The predicted octanol–water partition coefficient (Wildman–Crippen LogP) is 4.75. The molecule has 0 atom stereocenters. The summed E-state index contributed by atoms with van der Waals surface area (Å²) in [6, 6.07) is 5.77. The molecule has 0 saturated carbocycles. The molecule has 0 aliphatic rings. The number of halogens is 6. The van der Waals surface area contributed by atoms with E-state index in [1.807, 2.05) is 0 Å². The van der Waals surface area contributed by atoms with E-state index >= 15 is 0 Å². The first kappa shape index (κ1) is 28.1. The number of carbonyl (C=O) groups excluding carboxylic acids is 3. The number of H-pyrrole nitrogens is 1. The van der Waals surface area contributed by atoms with Crippen molar-refractivity contribution in [1.82, 2.24) is 10.2 Å². The van der Waals surface area contributed by atoms with Gasteiger partial charge >= 0.3 is 24.3 Å². The van der Waals surface area contributed by atoms with Crippen molar-refractivity contribution in [3.63, 3.8) is 0 Å². The molecule has 194 valence electrons. The Balaban J connectivity index is 0.000000255. The summed E-state index contributed by atoms with van der Waals surface area (Å²) < 4.78 is 83.8. The van der Waals surface area contributed by atoms with Gasteiger partial charge in [0, 0.05) is 18.0 Å². The summed E-state index contributed by atoms with van der Waals surface area (Å²) in [5.74, 6) is -1.83. The molecule has 3 rings (SSSR count). The number of aromatic nitrogens is 2. The quantitative estimate of drug-likeness (QED) is 0.381. The molecule has 3 aromatic rings. The molecule has 2 aromatic carbocycles. The van der Waals surface area contributed by atoms with Gasteiger partial charge in [0.05, 0.1) is 37.3 Å². The van der Waals surface area contributed by atoms with Crippen LogP contribution in [0.5, 0.6) is 0 Å². The second-order valence-corrected chi connectivity index (χ2v) is 7.13. The van der Waals surface area contributed by atoms with Crippen molar-refractivity contribution >= 4 is 34.4 Å². The van der Waals surface area contributed by atoms with Crippen LogP contribution in [0.3, 0.4) is 0 Å². The van der Waals surface area contributed by atoms with Gasteiger partial charge in [0.2, 0.25) is 5.91 Å². The molecule has 1 heterocycles. The Morgan fingerprint density at radius 2 is 1.50 bits per heavy atom. The van der Waals surface area contributed by atoms with Crippen molar-refractivity contribution in [3.05, 3.63) is 58.8 Å². The summed E-state index contributed by atoms with van der Waals surface area (Å²) in [5, 5.41) is 8.55. The van der Waals surface area contributed by atoms with Gasteiger partial charge < -0.3 is 14.8 Å². The number of aromatic amines is 1. The summed E-state index contributed by atoms with van der Waals surface area (Å²) >= 11 is 0. The molecular formula is C22H19F6N3O5. The third-order valence-corrected chi connectivity index (χ3v) is 4.58. The van der Waals surface area contributed by atoms with Gasteiger partial charge in [-0.2, -0.15) is 31.4 Å². The number of ether oxygens (including phenoxy) is 2. The number of amides is 1. The summed E-state index contributed by atoms with van der Waals surface area (Å²) in [5.41, 5.74) is -1.38. The van der Waals surface area contributed by atoms with E-state index < -0.39 is 41.3 Å². The standard InChI is InChI=1S/C12H12F3NO3.C10H7F3N2O2/c1-7(17)16-10-6-9(12(13,14)15)4-3-8(10)5-11(18)19-2;1-17-9(16)8-6-3-2-5(10(11,12)13)4-7(6)14-15-8/h3-4,6H,5H2,1-2H3,(H,16,17);2-4H,1H3,(H,14,15). The highest BCUT2D eigenvalue weighted by atomic mass is 19.4. The van der Waals surface area contributed by atoms with E-state index in [9.17, 15) is 40.7 Å². The fourth-order valence-electron chi connectivity index (χ4n) is 2.89. The Hall–Kier alpha value is -4.10. The number of anilines is 1. The second kappa shape index (κ2) is 11.1. The molecule has 0 unspecified atom stereocenters. The Morgan fingerprint density at radius 1 is 0.917 bits per heavy atom. The zero-order chi connectivity index (χ0) is 27.3. The van der Waals surface area contributed by atoms with Gasteiger partial charge in [-0.3, -0.25) is 14.7 Å². The van der Waals surface area contributed by atoms with Gasteiger partial charge in [0.1, 0.15) is 0 Å². The van der Waals surface area contributed by atoms with Crippen LogP contribution in [0.15, 0.2) is 36.4 Å². The molecule has 36 heavy (non-hydrogen) atoms. The molecule has 14 heteroatoms. The highest BCUT2D eigenvalue weighted by molar-refractivity contribution is 6.01. The monoisotopic (exact) mass is 519 g/mol. The minimum Gasteiger partial charge on any atom is -0.469 e. The van der Waals surface area contributed by atoms with Gasteiger partial charge in [-0.25, -0.2) is 4.79 Å². The van der Waals surface area contributed by atoms with Gasteiger partial charge in [0.25, 0.3) is 0 Å². The van der Waals surface area contributed by atoms with Crippen LogP contribution >= 0.6 is 0 Å². The molecule has 8 nitrogen and oxygen atoms in total. The Kier molecular flexibility index (Phi) is 8.67. The van der Waals surface area contributed by atoms with E-state index in [1.165, 1.54) is 27.2 Å². The maximum Gasteiger partial charge on any atom is 0.416 e. The molecular weight excluding hydrogens is 500 g/mol. The Morgan fingerprint density at radius 3 is 2.03 bits per heavy atom. The molecule has 0 spiro atoms. The van der Waals surface area contributed by atoms with Gasteiger partial charge in [0.15, 0.2) is 5.69 Å². The lowest BCUT2D eigenvalue weighted by molar-refractivity contribution is -0.140. The van der Waals surface area contributed by atoms with Gasteiger partial charge in [-0.15, -0.1) is 0 Å². The molecule has 2 N–H and O–H groups in total. The summed E-state index contributed by atoms with van der Waals surface area (Å²) in [6.45, 7) is 1.17. The van der Waals surface area contributed by atoms with Crippen molar-refractivity contribution in [2.45, 2.75) is 25.7 Å². The number of benzene rings is 2. The van der Waals surface area contributed by atoms with Crippen LogP contribution in [0.25, 0.3) is 10.9 Å². The zero-order valence-electron chi connectivity index (χ0n) is 18.9. The lowest BCUT2D eigenvalue weighted by atomic mass is 10.1. The number of carbonyl (C=O) groups is 3. The fourth-order valence-corrected chi connectivity index (χ4v) is 2.89. The number of hydrogen-bond acceptors (Lipinski definition) is 6. The number of methoxy groups -OCH3 is 2. The largest absolute Gasteiger partial charge is 0.469 e. The van der Waals surface area contributed by atoms with Crippen molar-refractivity contribution in [3.8, 4) is 0 Å². The van der Waals surface area contributed by atoms with Crippen LogP contribution in [0.2, 0.25) is 0 Å². The first-order valence-electron chi connectivity index (χ1n) is 9.85. The predicted molar refractivity (Wildman–Crippen MR) is 114 cm³/mol. The van der Waals surface area contributed by atoms with Crippen molar-refractivity contribution < 1.29 is 50.2 Å². The number of nitrogens with one attached hydrogen (secondary N) is 2. The molecule has 0 radical (unpaired) electrons. The minimum absolute atomic E-state index is 0.0313. The van der Waals surface area contributed by atoms with E-state index in [-0.39, 0.29) is 28.9 Å². The molecule has 0 bridgehead atoms. The van der Waals surface area contributed by atoms with Gasteiger partial charge in [-0.05, 0) is 35.9 Å². The Bertz CT molecular complexity index is 1270. The third kappa shape index (κ3) is 7.20. The third-order valence-electron chi connectivity index (χ3n) is 4.58. The van der Waals surface area contributed by atoms with Crippen LogP contribution in [0, 0.1) is 0 Å². The maximum atomic E-state index is 12.6. The van der Waals surface area contributed by atoms with Crippen LogP contribution in [0.4, 0.5) is 32.0 Å². The Labute approximate surface area is 199 Å². The van der Waals surface area contributed by atoms with Gasteiger partial charge in [-0.1, -0.05) is 6.07 Å². The number of nitrogens with zero attached hydrogens (tertiary/aromatic N) is 1. The highest BCUT2D eigenvalue weighted by Crippen LogP contribution is 2.33. The summed E-state index contributed by atoms with van der Waals surface area (Å²) in [4.78, 5) is 33.4. The van der Waals surface area contributed by atoms with E-state index in [0.29, 0.717) is 5.39 Å². The number of esters is 2. The van der Waals surface area contributed by atoms with Crippen molar-refractivity contribution in [2.24, 2.45) is 0 Å². The first-order valence-corrected chi connectivity index (χ1v) is 9.85. The normalized spacial score (nSPS) is 11.4. The first-order chi connectivity index (χ1) is 16.7. The second-order valence-electron chi connectivity index (χ2n) is 7.13. The van der Waals surface area contributed by atoms with E-state index in [2.05, 4.69) is 25.0 Å². The molecule has 0 aliphatic heterocycles. The zero-order valence-corrected chi connectivity index (χ0v) is 18.9. The topological polar surface area (TPSA) is 110 Å². The maximum absolute atomic E-state index is 12.6. The summed E-state index contributed by atoms with van der Waals surface area (Å²) in [7, 11) is 2.34. The van der Waals surface area contributed by atoms with Crippen molar-refractivity contribution in [2.75, 3.05) is 19.5 Å². The number of rotatable bonds is 4. The molecule has 0 aliphatic carbocycles. The molecule has 0 saturated heterocycles. The van der Waals surface area contributed by atoms with E-state index in [4.69, 9.17) is 0 Å². The van der Waals surface area contributed by atoms with Crippen LogP contribution in [-0.4, -0.2) is 42.3 Å². The smallest absolute Gasteiger partial charge is 0.416 e. The lowest BCUT2D eigenvalue weighted by Gasteiger charge is -2.13.